The number of halogens is 2. The molecule has 0 aliphatic heterocycles. The number of hydrogen-bond donors (Lipinski definition) is 0. The summed E-state index contributed by atoms with van der Waals surface area (Å²) < 4.78 is 0. The first-order valence-corrected chi connectivity index (χ1v) is 6.78. The summed E-state index contributed by atoms with van der Waals surface area (Å²) >= 11 is 11.9. The van der Waals surface area contributed by atoms with Crippen molar-refractivity contribution in [3.8, 4) is 0 Å². The number of carbonyl (C=O) groups is 1. The number of ketones is 1. The molecule has 0 aliphatic carbocycles. The van der Waals surface area contributed by atoms with Gasteiger partial charge in [0.05, 0.1) is 0 Å². The first kappa shape index (κ1) is 16.2. The van der Waals surface area contributed by atoms with Crippen molar-refractivity contribution in [3.05, 3.63) is 0 Å². The molecule has 0 amide bonds. The fourth-order valence-electron chi connectivity index (χ4n) is 1.71. The van der Waals surface area contributed by atoms with Gasteiger partial charge in [-0.15, -0.1) is 23.2 Å². The maximum absolute atomic E-state index is 12.4. The van der Waals surface area contributed by atoms with Gasteiger partial charge in [-0.1, -0.05) is 41.5 Å². The highest BCUT2D eigenvalue weighted by molar-refractivity contribution is 6.21. The smallest absolute Gasteiger partial charge is 0.142 e. The third kappa shape index (κ3) is 4.25. The quantitative estimate of drug-likeness (QED) is 0.692. The van der Waals surface area contributed by atoms with E-state index in [1.54, 1.807) is 0 Å². The lowest BCUT2D eigenvalue weighted by Crippen LogP contribution is -2.40. The Hall–Kier alpha value is 0.250. The molecule has 0 aromatic carbocycles. The van der Waals surface area contributed by atoms with E-state index >= 15 is 0 Å². The number of rotatable bonds is 4. The second-order valence-electron chi connectivity index (χ2n) is 6.55. The van der Waals surface area contributed by atoms with Crippen molar-refractivity contribution in [3.63, 3.8) is 0 Å². The molecule has 0 saturated heterocycles. The minimum atomic E-state index is -0.128. The molecule has 3 heteroatoms. The maximum Gasteiger partial charge on any atom is 0.142 e. The van der Waals surface area contributed by atoms with Gasteiger partial charge in [0, 0.05) is 23.6 Å². The van der Waals surface area contributed by atoms with Crippen molar-refractivity contribution >= 4 is 29.0 Å². The summed E-state index contributed by atoms with van der Waals surface area (Å²) in [5, 5.41) is 0. The van der Waals surface area contributed by atoms with E-state index in [9.17, 15) is 4.79 Å². The summed E-state index contributed by atoms with van der Waals surface area (Å²) in [4.78, 5) is 12.4. The molecule has 0 aromatic rings. The van der Waals surface area contributed by atoms with E-state index in [0.717, 1.165) is 0 Å². The highest BCUT2D eigenvalue weighted by atomic mass is 35.5. The first-order valence-electron chi connectivity index (χ1n) is 5.71. The molecule has 0 rings (SSSR count). The molecule has 16 heavy (non-hydrogen) atoms. The van der Waals surface area contributed by atoms with Crippen LogP contribution in [0, 0.1) is 22.7 Å². The van der Waals surface area contributed by atoms with Crippen molar-refractivity contribution in [2.45, 2.75) is 41.5 Å². The minimum Gasteiger partial charge on any atom is -0.299 e. The molecule has 0 saturated carbocycles. The number of Topliss-reactive ketones (excluding diaryl/α,β-unsaturated/α-hetero) is 1. The summed E-state index contributed by atoms with van der Waals surface area (Å²) in [5.41, 5.74) is -0.206. The monoisotopic (exact) mass is 266 g/mol. The van der Waals surface area contributed by atoms with Crippen molar-refractivity contribution in [2.75, 3.05) is 11.8 Å². The van der Waals surface area contributed by atoms with Gasteiger partial charge in [-0.3, -0.25) is 4.79 Å². The second-order valence-corrected chi connectivity index (χ2v) is 7.17. The van der Waals surface area contributed by atoms with Crippen LogP contribution >= 0.6 is 23.2 Å². The van der Waals surface area contributed by atoms with Gasteiger partial charge in [-0.05, 0) is 10.8 Å². The van der Waals surface area contributed by atoms with Gasteiger partial charge >= 0.3 is 0 Å². The topological polar surface area (TPSA) is 17.1 Å². The predicted molar refractivity (Wildman–Crippen MR) is 72.3 cm³/mol. The molecule has 0 fully saturated rings. The summed E-state index contributed by atoms with van der Waals surface area (Å²) in [7, 11) is 0. The minimum absolute atomic E-state index is 0.103. The van der Waals surface area contributed by atoms with E-state index in [2.05, 4.69) is 0 Å². The molecule has 0 aliphatic rings. The lowest BCUT2D eigenvalue weighted by atomic mass is 9.70. The van der Waals surface area contributed by atoms with E-state index < -0.39 is 0 Å². The summed E-state index contributed by atoms with van der Waals surface area (Å²) in [6.45, 7) is 12.3. The molecule has 0 bridgehead atoms. The molecule has 96 valence electrons. The highest BCUT2D eigenvalue weighted by Gasteiger charge is 2.39. The fraction of sp³-hybridized carbons (Fsp3) is 0.923. The number of hydrogen-bond acceptors (Lipinski definition) is 1. The van der Waals surface area contributed by atoms with Crippen LogP contribution < -0.4 is 0 Å². The maximum atomic E-state index is 12.4. The summed E-state index contributed by atoms with van der Waals surface area (Å²) in [5.74, 6) is 0.678. The molecule has 1 nitrogen and oxygen atoms in total. The Kier molecular flexibility index (Phi) is 5.82. The van der Waals surface area contributed by atoms with Crippen LogP contribution in [0.2, 0.25) is 0 Å². The molecule has 2 atom stereocenters. The Morgan fingerprint density at radius 1 is 0.875 bits per heavy atom. The Morgan fingerprint density at radius 3 is 1.25 bits per heavy atom. The standard InChI is InChI=1S/C13H24Cl2O/c1-12(2,3)9(7-14)11(16)10(8-15)13(4,5)6/h9-10H,7-8H2,1-6H3. The van der Waals surface area contributed by atoms with E-state index in [1.807, 2.05) is 41.5 Å². The molecule has 0 aromatic heterocycles. The third-order valence-corrected chi connectivity index (χ3v) is 3.70. The van der Waals surface area contributed by atoms with Gasteiger partial charge in [0.1, 0.15) is 5.78 Å². The van der Waals surface area contributed by atoms with Crippen LogP contribution in [0.25, 0.3) is 0 Å². The predicted octanol–water partition coefficient (Wildman–Crippen LogP) is 4.36. The molecule has 2 unspecified atom stereocenters. The average Bonchev–Trinajstić information content (AvgIpc) is 2.00. The van der Waals surface area contributed by atoms with Crippen molar-refractivity contribution in [2.24, 2.45) is 22.7 Å². The molecular weight excluding hydrogens is 243 g/mol. The van der Waals surface area contributed by atoms with Gasteiger partial charge in [-0.2, -0.15) is 0 Å². The fourth-order valence-corrected chi connectivity index (χ4v) is 2.94. The van der Waals surface area contributed by atoms with Crippen molar-refractivity contribution < 1.29 is 4.79 Å². The van der Waals surface area contributed by atoms with Crippen molar-refractivity contribution in [1.82, 2.24) is 0 Å². The number of alkyl halides is 2. The molecule has 0 N–H and O–H groups in total. The van der Waals surface area contributed by atoms with Crippen LogP contribution in [-0.2, 0) is 4.79 Å². The molecular formula is C13H24Cl2O. The normalized spacial score (nSPS) is 17.0. The van der Waals surface area contributed by atoms with Gasteiger partial charge in [0.2, 0.25) is 0 Å². The van der Waals surface area contributed by atoms with Crippen LogP contribution in [0.15, 0.2) is 0 Å². The van der Waals surface area contributed by atoms with E-state index in [-0.39, 0.29) is 28.4 Å². The van der Waals surface area contributed by atoms with Gasteiger partial charge in [0.15, 0.2) is 0 Å². The largest absolute Gasteiger partial charge is 0.299 e. The average molecular weight is 267 g/mol. The van der Waals surface area contributed by atoms with E-state index in [4.69, 9.17) is 23.2 Å². The SMILES string of the molecule is CC(C)(C)C(CCl)C(=O)C(CCl)C(C)(C)C. The van der Waals surface area contributed by atoms with Gasteiger partial charge in [-0.25, -0.2) is 0 Å². The molecule has 0 spiro atoms. The van der Waals surface area contributed by atoms with Crippen LogP contribution in [0.4, 0.5) is 0 Å². The summed E-state index contributed by atoms with van der Waals surface area (Å²) in [6.07, 6.45) is 0. The van der Waals surface area contributed by atoms with Crippen molar-refractivity contribution in [1.29, 1.82) is 0 Å². The Labute approximate surface area is 110 Å². The summed E-state index contributed by atoms with van der Waals surface area (Å²) in [6, 6.07) is 0. The lowest BCUT2D eigenvalue weighted by Gasteiger charge is -2.35. The zero-order valence-electron chi connectivity index (χ0n) is 11.2. The van der Waals surface area contributed by atoms with E-state index in [0.29, 0.717) is 11.8 Å². The second kappa shape index (κ2) is 5.73. The zero-order valence-corrected chi connectivity index (χ0v) is 12.7. The third-order valence-electron chi connectivity index (χ3n) is 3.09. The molecule has 0 radical (unpaired) electrons. The van der Waals surface area contributed by atoms with Crippen LogP contribution in [0.3, 0.4) is 0 Å². The number of carbonyl (C=O) groups excluding carboxylic acids is 1. The highest BCUT2D eigenvalue weighted by Crippen LogP contribution is 2.36. The van der Waals surface area contributed by atoms with Crippen LogP contribution in [0.1, 0.15) is 41.5 Å². The Bertz CT molecular complexity index is 211. The van der Waals surface area contributed by atoms with Gasteiger partial charge < -0.3 is 0 Å². The lowest BCUT2D eigenvalue weighted by molar-refractivity contribution is -0.131. The Morgan fingerprint density at radius 2 is 1.12 bits per heavy atom. The first-order chi connectivity index (χ1) is 7.05. The molecule has 0 heterocycles. The zero-order chi connectivity index (χ0) is 13.1. The van der Waals surface area contributed by atoms with Gasteiger partial charge in [0.25, 0.3) is 0 Å². The van der Waals surface area contributed by atoms with Crippen LogP contribution in [-0.4, -0.2) is 17.5 Å². The van der Waals surface area contributed by atoms with Crippen LogP contribution in [0.5, 0.6) is 0 Å². The Balaban J connectivity index is 5.01. The van der Waals surface area contributed by atoms with E-state index in [1.165, 1.54) is 0 Å².